The number of fused-ring (bicyclic) bond motifs is 2. The van der Waals surface area contributed by atoms with Crippen molar-refractivity contribution in [2.24, 2.45) is 0 Å². The number of benzene rings is 1. The van der Waals surface area contributed by atoms with Crippen LogP contribution in [0.5, 0.6) is 0 Å². The van der Waals surface area contributed by atoms with E-state index in [1.807, 2.05) is 31.2 Å². The Morgan fingerprint density at radius 2 is 1.68 bits per heavy atom. The Labute approximate surface area is 225 Å². The number of nitrogens with zero attached hydrogens (tertiary/aromatic N) is 2. The molecule has 0 radical (unpaired) electrons. The van der Waals surface area contributed by atoms with Crippen molar-refractivity contribution in [3.8, 4) is 26.3 Å². The molecule has 0 saturated heterocycles. The molecule has 1 aromatic carbocycles. The van der Waals surface area contributed by atoms with Gasteiger partial charge >= 0.3 is 5.63 Å². The first kappa shape index (κ1) is 24.2. The molecular formula is C31H30N2O2S2. The lowest BCUT2D eigenvalue weighted by molar-refractivity contribution is 0.398. The maximum Gasteiger partial charge on any atom is 0.345 e. The molecule has 0 bridgehead atoms. The highest BCUT2D eigenvalue weighted by molar-refractivity contribution is 7.24. The van der Waals surface area contributed by atoms with Crippen molar-refractivity contribution < 1.29 is 4.42 Å². The number of allylic oxidation sites excluding steroid dienone is 1. The molecule has 0 aliphatic carbocycles. The molecule has 0 N–H and O–H groups in total. The topological polar surface area (TPSA) is 57.2 Å². The van der Waals surface area contributed by atoms with Gasteiger partial charge in [-0.15, -0.1) is 22.7 Å². The van der Waals surface area contributed by atoms with Gasteiger partial charge in [0.25, 0.3) is 0 Å². The Morgan fingerprint density at radius 1 is 1.00 bits per heavy atom. The first-order valence-corrected chi connectivity index (χ1v) is 14.4. The fourth-order valence-corrected chi connectivity index (χ4v) is 7.86. The molecule has 4 aromatic rings. The SMILES string of the molecule is C/C(C#N)=C\c1ccc(-c2ccc(-c3cc4cc5c6c(c4oc3=O)C(C)(C)CCN6CCC5(C)C)s2)s1. The summed E-state index contributed by atoms with van der Waals surface area (Å²) in [7, 11) is 0. The number of hydrogen-bond acceptors (Lipinski definition) is 6. The van der Waals surface area contributed by atoms with Crippen LogP contribution in [-0.4, -0.2) is 13.1 Å². The monoisotopic (exact) mass is 526 g/mol. The zero-order valence-electron chi connectivity index (χ0n) is 21.9. The lowest BCUT2D eigenvalue weighted by atomic mass is 9.69. The molecule has 0 spiro atoms. The summed E-state index contributed by atoms with van der Waals surface area (Å²) in [5.41, 5.74) is 5.65. The number of nitriles is 1. The second-order valence-electron chi connectivity index (χ2n) is 11.6. The van der Waals surface area contributed by atoms with Crippen LogP contribution < -0.4 is 10.5 Å². The van der Waals surface area contributed by atoms with Gasteiger partial charge in [0.15, 0.2) is 0 Å². The molecule has 188 valence electrons. The van der Waals surface area contributed by atoms with Crippen molar-refractivity contribution in [1.82, 2.24) is 0 Å². The van der Waals surface area contributed by atoms with Crippen molar-refractivity contribution >= 4 is 45.4 Å². The van der Waals surface area contributed by atoms with Crippen molar-refractivity contribution in [3.63, 3.8) is 0 Å². The van der Waals surface area contributed by atoms with E-state index in [1.54, 1.807) is 22.7 Å². The van der Waals surface area contributed by atoms with Gasteiger partial charge in [-0.2, -0.15) is 5.26 Å². The van der Waals surface area contributed by atoms with Crippen LogP contribution in [0, 0.1) is 11.3 Å². The van der Waals surface area contributed by atoms with Gasteiger partial charge in [0.05, 0.1) is 11.6 Å². The highest BCUT2D eigenvalue weighted by Crippen LogP contribution is 2.52. The van der Waals surface area contributed by atoms with E-state index in [0.717, 1.165) is 56.4 Å². The smallest absolute Gasteiger partial charge is 0.345 e. The van der Waals surface area contributed by atoms with E-state index in [0.29, 0.717) is 11.1 Å². The van der Waals surface area contributed by atoms with Crippen molar-refractivity contribution in [1.29, 1.82) is 5.26 Å². The van der Waals surface area contributed by atoms with Crippen LogP contribution in [0.1, 0.15) is 63.5 Å². The molecule has 0 saturated carbocycles. The molecule has 0 unspecified atom stereocenters. The van der Waals surface area contributed by atoms with Crippen LogP contribution in [-0.2, 0) is 10.8 Å². The van der Waals surface area contributed by atoms with E-state index in [-0.39, 0.29) is 16.5 Å². The van der Waals surface area contributed by atoms with Crippen LogP contribution in [0.3, 0.4) is 0 Å². The van der Waals surface area contributed by atoms with Crippen LogP contribution in [0.4, 0.5) is 5.69 Å². The number of thiophene rings is 2. The van der Waals surface area contributed by atoms with Gasteiger partial charge in [0.1, 0.15) is 5.58 Å². The average Bonchev–Trinajstić information content (AvgIpc) is 3.51. The third kappa shape index (κ3) is 3.96. The minimum absolute atomic E-state index is 0.0592. The summed E-state index contributed by atoms with van der Waals surface area (Å²) in [6.45, 7) is 13.1. The van der Waals surface area contributed by atoms with Crippen LogP contribution in [0.2, 0.25) is 0 Å². The van der Waals surface area contributed by atoms with Gasteiger partial charge in [0, 0.05) is 54.8 Å². The lowest BCUT2D eigenvalue weighted by Gasteiger charge is -2.48. The normalized spacial score (nSPS) is 18.1. The largest absolute Gasteiger partial charge is 0.422 e. The fourth-order valence-electron chi connectivity index (χ4n) is 5.75. The van der Waals surface area contributed by atoms with Gasteiger partial charge in [-0.25, -0.2) is 4.79 Å². The molecule has 2 aliphatic heterocycles. The summed E-state index contributed by atoms with van der Waals surface area (Å²) in [6, 6.07) is 14.7. The minimum atomic E-state index is -0.278. The van der Waals surface area contributed by atoms with Gasteiger partial charge in [-0.1, -0.05) is 27.7 Å². The zero-order chi connectivity index (χ0) is 26.1. The highest BCUT2D eigenvalue weighted by Gasteiger charge is 2.42. The quantitative estimate of drug-likeness (QED) is 0.199. The Balaban J connectivity index is 1.49. The first-order chi connectivity index (χ1) is 17.6. The third-order valence-electron chi connectivity index (χ3n) is 8.01. The summed E-state index contributed by atoms with van der Waals surface area (Å²) >= 11 is 3.25. The van der Waals surface area contributed by atoms with Crippen molar-refractivity contribution in [3.05, 3.63) is 68.4 Å². The molecule has 5 heterocycles. The molecule has 0 atom stereocenters. The molecular weight excluding hydrogens is 496 g/mol. The molecule has 2 aliphatic rings. The first-order valence-electron chi connectivity index (χ1n) is 12.8. The predicted octanol–water partition coefficient (Wildman–Crippen LogP) is 8.35. The Kier molecular flexibility index (Phi) is 5.52. The van der Waals surface area contributed by atoms with Gasteiger partial charge in [-0.3, -0.25) is 0 Å². The van der Waals surface area contributed by atoms with E-state index in [1.165, 1.54) is 16.8 Å². The maximum absolute atomic E-state index is 13.4. The second kappa shape index (κ2) is 8.44. The summed E-state index contributed by atoms with van der Waals surface area (Å²) in [5, 5.41) is 10.1. The molecule has 6 heteroatoms. The minimum Gasteiger partial charge on any atom is -0.422 e. The lowest BCUT2D eigenvalue weighted by Crippen LogP contribution is -2.44. The van der Waals surface area contributed by atoms with Gasteiger partial charge < -0.3 is 9.32 Å². The maximum atomic E-state index is 13.4. The molecule has 37 heavy (non-hydrogen) atoms. The highest BCUT2D eigenvalue weighted by atomic mass is 32.1. The summed E-state index contributed by atoms with van der Waals surface area (Å²) in [4.78, 5) is 20.1. The van der Waals surface area contributed by atoms with Crippen LogP contribution >= 0.6 is 22.7 Å². The van der Waals surface area contributed by atoms with Crippen LogP contribution in [0.25, 0.3) is 37.2 Å². The van der Waals surface area contributed by atoms with E-state index in [2.05, 4.69) is 56.9 Å². The molecule has 0 amide bonds. The van der Waals surface area contributed by atoms with E-state index >= 15 is 0 Å². The molecule has 6 rings (SSSR count). The third-order valence-corrected chi connectivity index (χ3v) is 10.4. The van der Waals surface area contributed by atoms with E-state index in [9.17, 15) is 4.79 Å². The fraction of sp³-hybridized carbons (Fsp3) is 0.355. The van der Waals surface area contributed by atoms with Crippen LogP contribution in [0.15, 0.2) is 51.2 Å². The standard InChI is InChI=1S/C31H30N2O2S2/c1-18(17-32)14-20-6-7-24(36-20)25-9-8-23(37-25)21-15-19-16-22-27-26(28(19)35-29(21)34)31(4,5)11-13-33(27)12-10-30(22,2)3/h6-9,14-16H,10-13H2,1-5H3/b18-14+. The van der Waals surface area contributed by atoms with Crippen molar-refractivity contribution in [2.75, 3.05) is 18.0 Å². The number of hydrogen-bond donors (Lipinski definition) is 0. The molecule has 4 nitrogen and oxygen atoms in total. The van der Waals surface area contributed by atoms with Gasteiger partial charge in [-0.05, 0) is 78.6 Å². The Bertz CT molecular complexity index is 1690. The number of rotatable bonds is 3. The average molecular weight is 527 g/mol. The van der Waals surface area contributed by atoms with Crippen molar-refractivity contribution in [2.45, 2.75) is 58.3 Å². The Morgan fingerprint density at radius 3 is 2.43 bits per heavy atom. The molecule has 0 fully saturated rings. The zero-order valence-corrected chi connectivity index (χ0v) is 23.5. The Hall–Kier alpha value is -3.14. The molecule has 3 aromatic heterocycles. The number of anilines is 1. The summed E-state index contributed by atoms with van der Waals surface area (Å²) in [5.74, 6) is 0. The van der Waals surface area contributed by atoms with E-state index in [4.69, 9.17) is 9.68 Å². The predicted molar refractivity (Wildman–Crippen MR) is 156 cm³/mol. The summed E-state index contributed by atoms with van der Waals surface area (Å²) in [6.07, 6.45) is 4.07. The van der Waals surface area contributed by atoms with E-state index < -0.39 is 0 Å². The summed E-state index contributed by atoms with van der Waals surface area (Å²) < 4.78 is 6.19. The van der Waals surface area contributed by atoms with Gasteiger partial charge in [0.2, 0.25) is 0 Å². The second-order valence-corrected chi connectivity index (χ2v) is 13.8.